The van der Waals surface area contributed by atoms with Crippen molar-refractivity contribution in [3.63, 3.8) is 0 Å². The van der Waals surface area contributed by atoms with Crippen molar-refractivity contribution >= 4 is 35.2 Å². The van der Waals surface area contributed by atoms with Gasteiger partial charge in [-0.05, 0) is 24.0 Å². The highest BCUT2D eigenvalue weighted by molar-refractivity contribution is 7.98. The summed E-state index contributed by atoms with van der Waals surface area (Å²) in [5, 5.41) is 9.47. The fourth-order valence-electron chi connectivity index (χ4n) is 1.55. The van der Waals surface area contributed by atoms with Gasteiger partial charge < -0.3 is 10.0 Å². The number of hydrogen-bond acceptors (Lipinski definition) is 3. The third kappa shape index (κ3) is 5.98. The van der Waals surface area contributed by atoms with E-state index in [1.165, 1.54) is 4.90 Å². The molecule has 104 valence electrons. The van der Waals surface area contributed by atoms with Crippen molar-refractivity contribution < 1.29 is 14.7 Å². The molecule has 0 atom stereocenters. The summed E-state index contributed by atoms with van der Waals surface area (Å²) in [5.41, 5.74) is 0.864. The molecule has 1 aromatic carbocycles. The Kier molecular flexibility index (Phi) is 6.73. The van der Waals surface area contributed by atoms with Crippen LogP contribution in [0.1, 0.15) is 12.0 Å². The van der Waals surface area contributed by atoms with Crippen molar-refractivity contribution in [3.05, 3.63) is 34.9 Å². The molecule has 0 radical (unpaired) electrons. The van der Waals surface area contributed by atoms with E-state index in [1.54, 1.807) is 36.0 Å². The van der Waals surface area contributed by atoms with Gasteiger partial charge in [-0.1, -0.05) is 23.7 Å². The Morgan fingerprint density at radius 2 is 1.95 bits per heavy atom. The summed E-state index contributed by atoms with van der Waals surface area (Å²) < 4.78 is 0. The smallest absolute Gasteiger partial charge is 0.323 e. The molecule has 1 rings (SSSR count). The number of carbonyl (C=O) groups is 2. The molecular formula is C13H16ClNO3S. The summed E-state index contributed by atoms with van der Waals surface area (Å²) in [6.45, 7) is 0.00647. The third-order valence-electron chi connectivity index (χ3n) is 2.49. The van der Waals surface area contributed by atoms with Crippen molar-refractivity contribution in [2.45, 2.75) is 13.0 Å². The van der Waals surface area contributed by atoms with Gasteiger partial charge in [0.25, 0.3) is 0 Å². The Hall–Kier alpha value is -1.20. The van der Waals surface area contributed by atoms with E-state index in [-0.39, 0.29) is 19.0 Å². The van der Waals surface area contributed by atoms with Crippen molar-refractivity contribution in [2.24, 2.45) is 0 Å². The minimum Gasteiger partial charge on any atom is -0.480 e. The topological polar surface area (TPSA) is 57.6 Å². The zero-order chi connectivity index (χ0) is 14.3. The van der Waals surface area contributed by atoms with E-state index in [2.05, 4.69) is 0 Å². The summed E-state index contributed by atoms with van der Waals surface area (Å²) in [7, 11) is 0. The van der Waals surface area contributed by atoms with Crippen LogP contribution < -0.4 is 0 Å². The second kappa shape index (κ2) is 8.07. The number of carboxylic acid groups (broad SMARTS) is 1. The van der Waals surface area contributed by atoms with Gasteiger partial charge in [0.15, 0.2) is 0 Å². The van der Waals surface area contributed by atoms with E-state index >= 15 is 0 Å². The molecule has 0 aliphatic rings. The first-order valence-corrected chi connectivity index (χ1v) is 7.53. The average Bonchev–Trinajstić information content (AvgIpc) is 2.37. The summed E-state index contributed by atoms with van der Waals surface area (Å²) in [6, 6.07) is 7.03. The second-order valence-electron chi connectivity index (χ2n) is 4.01. The van der Waals surface area contributed by atoms with Crippen LogP contribution in [-0.4, -0.2) is 40.4 Å². The zero-order valence-corrected chi connectivity index (χ0v) is 12.2. The first kappa shape index (κ1) is 15.9. The van der Waals surface area contributed by atoms with Crippen LogP contribution in [0.3, 0.4) is 0 Å². The maximum Gasteiger partial charge on any atom is 0.323 e. The normalized spacial score (nSPS) is 10.2. The molecule has 19 heavy (non-hydrogen) atoms. The van der Waals surface area contributed by atoms with Crippen LogP contribution >= 0.6 is 23.4 Å². The zero-order valence-electron chi connectivity index (χ0n) is 10.6. The van der Waals surface area contributed by atoms with Crippen LogP contribution in [0.25, 0.3) is 0 Å². The van der Waals surface area contributed by atoms with E-state index in [0.29, 0.717) is 17.2 Å². The van der Waals surface area contributed by atoms with Crippen LogP contribution in [0.5, 0.6) is 0 Å². The van der Waals surface area contributed by atoms with Crippen LogP contribution in [0, 0.1) is 0 Å². The molecule has 0 saturated carbocycles. The molecule has 0 saturated heterocycles. The molecule has 0 bridgehead atoms. The van der Waals surface area contributed by atoms with Crippen LogP contribution in [-0.2, 0) is 16.1 Å². The largest absolute Gasteiger partial charge is 0.480 e. The van der Waals surface area contributed by atoms with Crippen molar-refractivity contribution in [3.8, 4) is 0 Å². The summed E-state index contributed by atoms with van der Waals surface area (Å²) in [5.74, 6) is -0.464. The monoisotopic (exact) mass is 301 g/mol. The number of thioether (sulfide) groups is 1. The highest BCUT2D eigenvalue weighted by atomic mass is 35.5. The Morgan fingerprint density at radius 3 is 2.47 bits per heavy atom. The fraction of sp³-hybridized carbons (Fsp3) is 0.385. The second-order valence-corrected chi connectivity index (χ2v) is 5.43. The molecule has 0 heterocycles. The maximum atomic E-state index is 11.9. The van der Waals surface area contributed by atoms with Gasteiger partial charge in [-0.25, -0.2) is 0 Å². The van der Waals surface area contributed by atoms with E-state index < -0.39 is 5.97 Å². The Balaban J connectivity index is 2.70. The number of carbonyl (C=O) groups excluding carboxylic acids is 1. The first-order chi connectivity index (χ1) is 9.02. The SMILES string of the molecule is CSCCC(=O)N(CC(=O)O)Cc1ccc(Cl)cc1. The van der Waals surface area contributed by atoms with Crippen LogP contribution in [0.15, 0.2) is 24.3 Å². The lowest BCUT2D eigenvalue weighted by Gasteiger charge is -2.20. The highest BCUT2D eigenvalue weighted by Gasteiger charge is 2.16. The fourth-order valence-corrected chi connectivity index (χ4v) is 2.06. The molecule has 0 unspecified atom stereocenters. The molecule has 1 N–H and O–H groups in total. The minimum atomic E-state index is -1.01. The quantitative estimate of drug-likeness (QED) is 0.841. The van der Waals surface area contributed by atoms with E-state index in [0.717, 1.165) is 5.56 Å². The molecule has 6 heteroatoms. The van der Waals surface area contributed by atoms with Gasteiger partial charge in [0.1, 0.15) is 6.54 Å². The van der Waals surface area contributed by atoms with Gasteiger partial charge in [-0.3, -0.25) is 9.59 Å². The molecule has 0 fully saturated rings. The molecule has 0 aliphatic carbocycles. The Labute approximate surface area is 121 Å². The molecular weight excluding hydrogens is 286 g/mol. The van der Waals surface area contributed by atoms with Gasteiger partial charge >= 0.3 is 5.97 Å². The Bertz CT molecular complexity index is 436. The lowest BCUT2D eigenvalue weighted by Crippen LogP contribution is -2.35. The third-order valence-corrected chi connectivity index (χ3v) is 3.35. The number of hydrogen-bond donors (Lipinski definition) is 1. The lowest BCUT2D eigenvalue weighted by atomic mass is 10.2. The van der Waals surface area contributed by atoms with Crippen LogP contribution in [0.2, 0.25) is 5.02 Å². The van der Waals surface area contributed by atoms with Gasteiger partial charge in [-0.15, -0.1) is 0 Å². The van der Waals surface area contributed by atoms with Crippen molar-refractivity contribution in [1.29, 1.82) is 0 Å². The molecule has 4 nitrogen and oxygen atoms in total. The van der Waals surface area contributed by atoms with Crippen molar-refractivity contribution in [1.82, 2.24) is 4.90 Å². The van der Waals surface area contributed by atoms with Gasteiger partial charge in [0.05, 0.1) is 0 Å². The van der Waals surface area contributed by atoms with Gasteiger partial charge in [0.2, 0.25) is 5.91 Å². The van der Waals surface area contributed by atoms with Gasteiger partial charge in [-0.2, -0.15) is 11.8 Å². The summed E-state index contributed by atoms with van der Waals surface area (Å²) in [4.78, 5) is 24.1. The Morgan fingerprint density at radius 1 is 1.32 bits per heavy atom. The average molecular weight is 302 g/mol. The van der Waals surface area contributed by atoms with E-state index in [1.807, 2.05) is 6.26 Å². The summed E-state index contributed by atoms with van der Waals surface area (Å²) in [6.07, 6.45) is 2.26. The minimum absolute atomic E-state index is 0.147. The van der Waals surface area contributed by atoms with Gasteiger partial charge in [0, 0.05) is 23.7 Å². The number of benzene rings is 1. The van der Waals surface area contributed by atoms with E-state index in [9.17, 15) is 9.59 Å². The molecule has 1 aromatic rings. The number of rotatable bonds is 7. The van der Waals surface area contributed by atoms with Crippen LogP contribution in [0.4, 0.5) is 0 Å². The van der Waals surface area contributed by atoms with Crippen molar-refractivity contribution in [2.75, 3.05) is 18.6 Å². The molecule has 0 spiro atoms. The maximum absolute atomic E-state index is 11.9. The standard InChI is InChI=1S/C13H16ClNO3S/c1-19-7-6-12(16)15(9-13(17)18)8-10-2-4-11(14)5-3-10/h2-5H,6-9H2,1H3,(H,17,18). The molecule has 0 aromatic heterocycles. The first-order valence-electron chi connectivity index (χ1n) is 5.76. The molecule has 1 amide bonds. The lowest BCUT2D eigenvalue weighted by molar-refractivity contribution is -0.144. The predicted octanol–water partition coefficient (Wildman–Crippen LogP) is 2.51. The highest BCUT2D eigenvalue weighted by Crippen LogP contribution is 2.12. The predicted molar refractivity (Wildman–Crippen MR) is 77.5 cm³/mol. The van der Waals surface area contributed by atoms with E-state index in [4.69, 9.17) is 16.7 Å². The summed E-state index contributed by atoms with van der Waals surface area (Å²) >= 11 is 7.35. The number of nitrogens with zero attached hydrogens (tertiary/aromatic N) is 1. The number of carboxylic acids is 1. The number of aliphatic carboxylic acids is 1. The molecule has 0 aliphatic heterocycles. The number of amides is 1. The number of halogens is 1.